The van der Waals surface area contributed by atoms with Gasteiger partial charge in [0, 0.05) is 4.88 Å². The summed E-state index contributed by atoms with van der Waals surface area (Å²) in [5, 5.41) is 1.12. The Hall–Kier alpha value is -0.860. The molecule has 0 saturated heterocycles. The number of hydrogen-bond donors (Lipinski definition) is 0. The van der Waals surface area contributed by atoms with E-state index in [0.29, 0.717) is 0 Å². The number of benzene rings is 1. The summed E-state index contributed by atoms with van der Waals surface area (Å²) in [6, 6.07) is 10.3. The van der Waals surface area contributed by atoms with Crippen LogP contribution in [0.1, 0.15) is 26.5 Å². The van der Waals surface area contributed by atoms with Crippen LogP contribution in [0.5, 0.6) is 0 Å². The summed E-state index contributed by atoms with van der Waals surface area (Å²) in [5.41, 5.74) is 2.34. The Kier molecular flexibility index (Phi) is 3.62. The first-order valence-corrected chi connectivity index (χ1v) is 6.54. The van der Waals surface area contributed by atoms with Crippen LogP contribution >= 0.6 is 22.9 Å². The molecule has 0 spiro atoms. The zero-order valence-corrected chi connectivity index (χ0v) is 11.0. The molecule has 0 N–H and O–H groups in total. The van der Waals surface area contributed by atoms with Crippen molar-refractivity contribution >= 4 is 22.9 Å². The number of aromatic nitrogens is 1. The first-order valence-electron chi connectivity index (χ1n) is 5.28. The SMILES string of the molecule is Cc1nc(C)c(C(Cl)Cc2ccccc2)s1. The van der Waals surface area contributed by atoms with Crippen molar-refractivity contribution in [3.63, 3.8) is 0 Å². The van der Waals surface area contributed by atoms with Crippen molar-refractivity contribution in [1.29, 1.82) is 0 Å². The fourth-order valence-electron chi connectivity index (χ4n) is 1.75. The third-order valence-corrected chi connectivity index (χ3v) is 4.17. The molecule has 84 valence electrons. The quantitative estimate of drug-likeness (QED) is 0.742. The third kappa shape index (κ3) is 2.63. The van der Waals surface area contributed by atoms with E-state index in [1.54, 1.807) is 11.3 Å². The third-order valence-electron chi connectivity index (χ3n) is 2.48. The van der Waals surface area contributed by atoms with Crippen LogP contribution in [0.25, 0.3) is 0 Å². The molecule has 0 bridgehead atoms. The van der Waals surface area contributed by atoms with E-state index in [0.717, 1.165) is 17.1 Å². The summed E-state index contributed by atoms with van der Waals surface area (Å²) in [5.74, 6) is 0. The maximum absolute atomic E-state index is 6.43. The second kappa shape index (κ2) is 4.98. The zero-order chi connectivity index (χ0) is 11.5. The van der Waals surface area contributed by atoms with E-state index in [1.807, 2.05) is 32.0 Å². The lowest BCUT2D eigenvalue weighted by atomic mass is 10.1. The maximum Gasteiger partial charge on any atom is 0.0900 e. The molecule has 3 heteroatoms. The number of aryl methyl sites for hydroxylation is 2. The molecule has 0 aliphatic rings. The highest BCUT2D eigenvalue weighted by Gasteiger charge is 2.15. The van der Waals surface area contributed by atoms with E-state index < -0.39 is 0 Å². The van der Waals surface area contributed by atoms with Crippen molar-refractivity contribution in [2.24, 2.45) is 0 Å². The Labute approximate surface area is 105 Å². The Morgan fingerprint density at radius 2 is 1.94 bits per heavy atom. The molecular weight excluding hydrogens is 238 g/mol. The van der Waals surface area contributed by atoms with Crippen molar-refractivity contribution < 1.29 is 0 Å². The average molecular weight is 252 g/mol. The largest absolute Gasteiger partial charge is 0.247 e. The molecule has 0 aliphatic heterocycles. The van der Waals surface area contributed by atoms with Gasteiger partial charge in [0.05, 0.1) is 16.1 Å². The van der Waals surface area contributed by atoms with Crippen LogP contribution < -0.4 is 0 Å². The Balaban J connectivity index is 2.14. The molecule has 0 amide bonds. The van der Waals surface area contributed by atoms with Crippen LogP contribution in [0.2, 0.25) is 0 Å². The lowest BCUT2D eigenvalue weighted by molar-refractivity contribution is 0.923. The number of alkyl halides is 1. The van der Waals surface area contributed by atoms with Crippen molar-refractivity contribution in [1.82, 2.24) is 4.98 Å². The molecule has 2 rings (SSSR count). The van der Waals surface area contributed by atoms with E-state index in [-0.39, 0.29) is 5.38 Å². The van der Waals surface area contributed by atoms with Gasteiger partial charge in [0.15, 0.2) is 0 Å². The molecule has 1 atom stereocenters. The summed E-state index contributed by atoms with van der Waals surface area (Å²) >= 11 is 8.13. The molecule has 1 heterocycles. The molecule has 1 aromatic carbocycles. The standard InChI is InChI=1S/C13H14ClNS/c1-9-13(16-10(2)15-9)12(14)8-11-6-4-3-5-7-11/h3-7,12H,8H2,1-2H3. The normalized spacial score (nSPS) is 12.7. The minimum absolute atomic E-state index is 0.0357. The minimum Gasteiger partial charge on any atom is -0.247 e. The van der Waals surface area contributed by atoms with Crippen molar-refractivity contribution in [2.45, 2.75) is 25.6 Å². The second-order valence-electron chi connectivity index (χ2n) is 3.84. The summed E-state index contributed by atoms with van der Waals surface area (Å²) in [7, 11) is 0. The highest BCUT2D eigenvalue weighted by molar-refractivity contribution is 7.12. The van der Waals surface area contributed by atoms with Crippen LogP contribution in [-0.2, 0) is 6.42 Å². The van der Waals surface area contributed by atoms with Crippen molar-refractivity contribution in [3.05, 3.63) is 51.5 Å². The molecule has 1 unspecified atom stereocenters. The Morgan fingerprint density at radius 3 is 2.50 bits per heavy atom. The van der Waals surface area contributed by atoms with Crippen LogP contribution in [0, 0.1) is 13.8 Å². The smallest absolute Gasteiger partial charge is 0.0900 e. The summed E-state index contributed by atoms with van der Waals surface area (Å²) in [4.78, 5) is 5.61. The number of nitrogens with zero attached hydrogens (tertiary/aromatic N) is 1. The van der Waals surface area contributed by atoms with E-state index in [4.69, 9.17) is 11.6 Å². The molecule has 0 saturated carbocycles. The Bertz CT molecular complexity index is 464. The first-order chi connectivity index (χ1) is 7.66. The van der Waals surface area contributed by atoms with Crippen LogP contribution in [0.15, 0.2) is 30.3 Å². The van der Waals surface area contributed by atoms with Gasteiger partial charge >= 0.3 is 0 Å². The first kappa shape index (κ1) is 11.6. The van der Waals surface area contributed by atoms with Gasteiger partial charge in [0.1, 0.15) is 0 Å². The predicted octanol–water partition coefficient (Wildman–Crippen LogP) is 4.28. The zero-order valence-electron chi connectivity index (χ0n) is 9.40. The maximum atomic E-state index is 6.43. The molecule has 0 aliphatic carbocycles. The Morgan fingerprint density at radius 1 is 1.25 bits per heavy atom. The molecule has 0 fully saturated rings. The highest BCUT2D eigenvalue weighted by Crippen LogP contribution is 2.32. The van der Waals surface area contributed by atoms with Gasteiger partial charge in [-0.3, -0.25) is 0 Å². The van der Waals surface area contributed by atoms with Crippen LogP contribution in [0.4, 0.5) is 0 Å². The van der Waals surface area contributed by atoms with E-state index in [1.165, 1.54) is 10.4 Å². The topological polar surface area (TPSA) is 12.9 Å². The van der Waals surface area contributed by atoms with Crippen molar-refractivity contribution in [3.8, 4) is 0 Å². The number of hydrogen-bond acceptors (Lipinski definition) is 2. The number of rotatable bonds is 3. The molecule has 0 radical (unpaired) electrons. The van der Waals surface area contributed by atoms with Gasteiger partial charge in [-0.1, -0.05) is 30.3 Å². The fourth-order valence-corrected chi connectivity index (χ4v) is 3.13. The molecule has 1 nitrogen and oxygen atoms in total. The lowest BCUT2D eigenvalue weighted by Gasteiger charge is -2.07. The lowest BCUT2D eigenvalue weighted by Crippen LogP contribution is -1.95. The summed E-state index contributed by atoms with van der Waals surface area (Å²) in [6.07, 6.45) is 0.866. The van der Waals surface area contributed by atoms with Gasteiger partial charge in [0.25, 0.3) is 0 Å². The predicted molar refractivity (Wildman–Crippen MR) is 70.3 cm³/mol. The van der Waals surface area contributed by atoms with Crippen LogP contribution in [-0.4, -0.2) is 4.98 Å². The number of thiazole rings is 1. The monoisotopic (exact) mass is 251 g/mol. The fraction of sp³-hybridized carbons (Fsp3) is 0.308. The van der Waals surface area contributed by atoms with Gasteiger partial charge in [-0.25, -0.2) is 4.98 Å². The van der Waals surface area contributed by atoms with Gasteiger partial charge < -0.3 is 0 Å². The molecule has 16 heavy (non-hydrogen) atoms. The molecule has 1 aromatic heterocycles. The average Bonchev–Trinajstić information content (AvgIpc) is 2.59. The van der Waals surface area contributed by atoms with Gasteiger partial charge in [-0.05, 0) is 25.8 Å². The minimum atomic E-state index is 0.0357. The molecular formula is C13H14ClNS. The van der Waals surface area contributed by atoms with Crippen molar-refractivity contribution in [2.75, 3.05) is 0 Å². The van der Waals surface area contributed by atoms with E-state index in [2.05, 4.69) is 17.1 Å². The molecule has 2 aromatic rings. The van der Waals surface area contributed by atoms with Gasteiger partial charge in [0.2, 0.25) is 0 Å². The second-order valence-corrected chi connectivity index (χ2v) is 5.60. The summed E-state index contributed by atoms with van der Waals surface area (Å²) in [6.45, 7) is 4.05. The highest BCUT2D eigenvalue weighted by atomic mass is 35.5. The van der Waals surface area contributed by atoms with Gasteiger partial charge in [-0.15, -0.1) is 22.9 Å². The van der Waals surface area contributed by atoms with E-state index >= 15 is 0 Å². The number of halogens is 1. The van der Waals surface area contributed by atoms with Gasteiger partial charge in [-0.2, -0.15) is 0 Å². The summed E-state index contributed by atoms with van der Waals surface area (Å²) < 4.78 is 0. The van der Waals surface area contributed by atoms with E-state index in [9.17, 15) is 0 Å². The van der Waals surface area contributed by atoms with Crippen LogP contribution in [0.3, 0.4) is 0 Å².